The molecule has 0 saturated carbocycles. The van der Waals surface area contributed by atoms with Crippen LogP contribution in [0.5, 0.6) is 0 Å². The van der Waals surface area contributed by atoms with Crippen LogP contribution >= 0.6 is 0 Å². The zero-order valence-electron chi connectivity index (χ0n) is 12.7. The fourth-order valence-corrected chi connectivity index (χ4v) is 2.62. The Kier molecular flexibility index (Phi) is 5.37. The van der Waals surface area contributed by atoms with Gasteiger partial charge in [-0.15, -0.1) is 0 Å². The molecule has 1 amide bonds. The molecule has 1 aliphatic heterocycles. The van der Waals surface area contributed by atoms with Crippen molar-refractivity contribution in [3.63, 3.8) is 0 Å². The predicted octanol–water partition coefficient (Wildman–Crippen LogP) is 0.430. The number of carbonyl (C=O) groups excluding carboxylic acids is 1. The van der Waals surface area contributed by atoms with Crippen molar-refractivity contribution in [2.24, 2.45) is 0 Å². The van der Waals surface area contributed by atoms with E-state index in [4.69, 9.17) is 14.9 Å². The summed E-state index contributed by atoms with van der Waals surface area (Å²) >= 11 is 0. The Morgan fingerprint density at radius 1 is 1.25 bits per heavy atom. The summed E-state index contributed by atoms with van der Waals surface area (Å²) in [5.41, 5.74) is -1.17. The average molecular weight is 290 g/mol. The maximum atomic E-state index is 12.1. The van der Waals surface area contributed by atoms with Gasteiger partial charge < -0.3 is 25.1 Å². The van der Waals surface area contributed by atoms with Crippen molar-refractivity contribution < 1.29 is 25.0 Å². The number of aliphatic hydroxyl groups excluding tert-OH is 2. The number of rotatable bonds is 5. The van der Waals surface area contributed by atoms with Gasteiger partial charge in [0.15, 0.2) is 0 Å². The van der Waals surface area contributed by atoms with Crippen LogP contribution in [0.4, 0.5) is 4.79 Å². The van der Waals surface area contributed by atoms with E-state index < -0.39 is 23.3 Å². The predicted molar refractivity (Wildman–Crippen MR) is 72.4 cm³/mol. The maximum Gasteiger partial charge on any atom is 0.410 e. The van der Waals surface area contributed by atoms with E-state index in [1.807, 2.05) is 27.7 Å². The van der Waals surface area contributed by atoms with Crippen LogP contribution in [0.2, 0.25) is 0 Å². The van der Waals surface area contributed by atoms with Crippen molar-refractivity contribution in [1.29, 1.82) is 0 Å². The van der Waals surface area contributed by atoms with Crippen LogP contribution in [0.3, 0.4) is 0 Å². The van der Waals surface area contributed by atoms with Gasteiger partial charge in [0.05, 0.1) is 18.8 Å². The molecule has 1 saturated heterocycles. The topological polar surface area (TPSA) is 93.5 Å². The first kappa shape index (κ1) is 17.2. The number of hydroxylamine groups is 2. The lowest BCUT2D eigenvalue weighted by Gasteiger charge is -2.35. The molecule has 0 aromatic rings. The highest BCUT2D eigenvalue weighted by Crippen LogP contribution is 2.40. The fourth-order valence-electron chi connectivity index (χ4n) is 2.62. The SMILES string of the molecule is CC1(C)CC(OC(=O)N(CCO)CCO)C(C)(C)N1O. The molecule has 0 radical (unpaired) electrons. The standard InChI is InChI=1S/C13H26N2O5/c1-12(2)9-10(13(3,4)15(12)19)20-11(18)14(5-7-16)6-8-17/h10,16-17,19H,5-9H2,1-4H3. The molecule has 7 nitrogen and oxygen atoms in total. The normalized spacial score (nSPS) is 24.6. The first-order valence-electron chi connectivity index (χ1n) is 6.83. The van der Waals surface area contributed by atoms with E-state index in [0.29, 0.717) is 6.42 Å². The summed E-state index contributed by atoms with van der Waals surface area (Å²) in [6.07, 6.45) is -0.541. The summed E-state index contributed by atoms with van der Waals surface area (Å²) in [4.78, 5) is 13.3. The van der Waals surface area contributed by atoms with Gasteiger partial charge in [-0.3, -0.25) is 0 Å². The molecule has 1 aliphatic rings. The Labute approximate surface area is 119 Å². The Hall–Kier alpha value is -0.890. The molecule has 0 spiro atoms. The Morgan fingerprint density at radius 3 is 2.10 bits per heavy atom. The summed E-state index contributed by atoms with van der Waals surface area (Å²) in [5, 5.41) is 29.2. The van der Waals surface area contributed by atoms with E-state index in [-0.39, 0.29) is 26.3 Å². The highest BCUT2D eigenvalue weighted by atomic mass is 16.6. The maximum absolute atomic E-state index is 12.1. The molecule has 0 aromatic carbocycles. The first-order chi connectivity index (χ1) is 9.16. The van der Waals surface area contributed by atoms with E-state index in [2.05, 4.69) is 0 Å². The third kappa shape index (κ3) is 3.41. The fraction of sp³-hybridized carbons (Fsp3) is 0.923. The third-order valence-electron chi connectivity index (χ3n) is 3.83. The summed E-state index contributed by atoms with van der Waals surface area (Å²) in [6.45, 7) is 7.20. The van der Waals surface area contributed by atoms with Gasteiger partial charge in [-0.1, -0.05) is 0 Å². The van der Waals surface area contributed by atoms with E-state index >= 15 is 0 Å². The molecule has 1 rings (SSSR count). The summed E-state index contributed by atoms with van der Waals surface area (Å²) in [6, 6.07) is 0. The van der Waals surface area contributed by atoms with Crippen molar-refractivity contribution in [2.75, 3.05) is 26.3 Å². The highest BCUT2D eigenvalue weighted by Gasteiger charge is 2.53. The lowest BCUT2D eigenvalue weighted by Crippen LogP contribution is -2.50. The molecule has 0 aliphatic carbocycles. The number of aliphatic hydroxyl groups is 2. The van der Waals surface area contributed by atoms with Crippen molar-refractivity contribution in [3.8, 4) is 0 Å². The number of hydrogen-bond donors (Lipinski definition) is 3. The zero-order valence-corrected chi connectivity index (χ0v) is 12.7. The number of ether oxygens (including phenoxy) is 1. The van der Waals surface area contributed by atoms with Crippen LogP contribution in [0.1, 0.15) is 34.1 Å². The van der Waals surface area contributed by atoms with Gasteiger partial charge in [-0.05, 0) is 27.7 Å². The summed E-state index contributed by atoms with van der Waals surface area (Å²) in [7, 11) is 0. The lowest BCUT2D eigenvalue weighted by molar-refractivity contribution is -0.201. The number of carbonyl (C=O) groups is 1. The largest absolute Gasteiger partial charge is 0.444 e. The average Bonchev–Trinajstić information content (AvgIpc) is 2.50. The van der Waals surface area contributed by atoms with Crippen LogP contribution in [-0.2, 0) is 4.74 Å². The Bertz CT molecular complexity index is 340. The monoisotopic (exact) mass is 290 g/mol. The second kappa shape index (κ2) is 6.26. The van der Waals surface area contributed by atoms with Crippen molar-refractivity contribution >= 4 is 6.09 Å². The van der Waals surface area contributed by atoms with E-state index in [1.165, 1.54) is 9.96 Å². The number of amides is 1. The third-order valence-corrected chi connectivity index (χ3v) is 3.83. The lowest BCUT2D eigenvalue weighted by atomic mass is 9.97. The van der Waals surface area contributed by atoms with Gasteiger partial charge >= 0.3 is 6.09 Å². The molecule has 1 heterocycles. The van der Waals surface area contributed by atoms with Crippen molar-refractivity contribution in [1.82, 2.24) is 9.96 Å². The summed E-state index contributed by atoms with van der Waals surface area (Å²) in [5.74, 6) is 0. The molecule has 7 heteroatoms. The van der Waals surface area contributed by atoms with Gasteiger partial charge in [0.25, 0.3) is 0 Å². The smallest absolute Gasteiger partial charge is 0.410 e. The Morgan fingerprint density at radius 2 is 1.75 bits per heavy atom. The van der Waals surface area contributed by atoms with Gasteiger partial charge in [0, 0.05) is 25.0 Å². The van der Waals surface area contributed by atoms with Gasteiger partial charge in [0.1, 0.15) is 6.10 Å². The highest BCUT2D eigenvalue weighted by molar-refractivity contribution is 5.68. The molecule has 0 aromatic heterocycles. The van der Waals surface area contributed by atoms with Gasteiger partial charge in [-0.25, -0.2) is 4.79 Å². The quantitative estimate of drug-likeness (QED) is 0.680. The Balaban J connectivity index is 2.74. The summed E-state index contributed by atoms with van der Waals surface area (Å²) < 4.78 is 5.46. The minimum absolute atomic E-state index is 0.110. The molecule has 1 unspecified atom stereocenters. The first-order valence-corrected chi connectivity index (χ1v) is 6.83. The van der Waals surface area contributed by atoms with Crippen LogP contribution in [0, 0.1) is 0 Å². The molecule has 0 bridgehead atoms. The second-order valence-corrected chi connectivity index (χ2v) is 6.29. The molecule has 118 valence electrons. The number of hydrogen-bond acceptors (Lipinski definition) is 6. The minimum atomic E-state index is -0.691. The molecule has 3 N–H and O–H groups in total. The zero-order chi connectivity index (χ0) is 15.6. The van der Waals surface area contributed by atoms with E-state index in [9.17, 15) is 10.0 Å². The van der Waals surface area contributed by atoms with Gasteiger partial charge in [-0.2, -0.15) is 5.06 Å². The minimum Gasteiger partial charge on any atom is -0.444 e. The second-order valence-electron chi connectivity index (χ2n) is 6.29. The molecule has 20 heavy (non-hydrogen) atoms. The van der Waals surface area contributed by atoms with Gasteiger partial charge in [0.2, 0.25) is 0 Å². The molecular formula is C13H26N2O5. The van der Waals surface area contributed by atoms with E-state index in [0.717, 1.165) is 0 Å². The molecular weight excluding hydrogens is 264 g/mol. The van der Waals surface area contributed by atoms with Crippen LogP contribution in [-0.4, -0.2) is 75.0 Å². The molecule has 1 atom stereocenters. The number of nitrogens with zero attached hydrogens (tertiary/aromatic N) is 2. The van der Waals surface area contributed by atoms with Crippen LogP contribution in [0.15, 0.2) is 0 Å². The van der Waals surface area contributed by atoms with Crippen LogP contribution in [0.25, 0.3) is 0 Å². The van der Waals surface area contributed by atoms with Crippen molar-refractivity contribution in [2.45, 2.75) is 51.3 Å². The molecule has 1 fully saturated rings. The van der Waals surface area contributed by atoms with Crippen LogP contribution < -0.4 is 0 Å². The van der Waals surface area contributed by atoms with E-state index in [1.54, 1.807) is 0 Å². The van der Waals surface area contributed by atoms with Crippen molar-refractivity contribution in [3.05, 3.63) is 0 Å².